The minimum atomic E-state index is -2.82. The van der Waals surface area contributed by atoms with Crippen LogP contribution in [0.4, 0.5) is 5.95 Å². The minimum absolute atomic E-state index is 0.224. The molecule has 1 aliphatic heterocycles. The molecule has 0 unspecified atom stereocenters. The molecule has 1 aromatic rings. The smallest absolute Gasteiger partial charge is 0.203 e. The summed E-state index contributed by atoms with van der Waals surface area (Å²) < 4.78 is 24.9. The normalized spacial score (nSPS) is 19.6. The molecule has 0 atom stereocenters. The van der Waals surface area contributed by atoms with Crippen LogP contribution in [0.2, 0.25) is 0 Å². The van der Waals surface area contributed by atoms with Gasteiger partial charge in [-0.15, -0.1) is 6.58 Å². The Morgan fingerprint density at radius 1 is 1.56 bits per heavy atom. The summed E-state index contributed by atoms with van der Waals surface area (Å²) in [5, 5.41) is 3.19. The Morgan fingerprint density at radius 3 is 2.83 bits per heavy atom. The Bertz CT molecular complexity index is 520. The Kier molecular flexibility index (Phi) is 3.75. The Hall–Kier alpha value is -1.30. The predicted molar refractivity (Wildman–Crippen MR) is 72.6 cm³/mol. The summed E-state index contributed by atoms with van der Waals surface area (Å²) in [6.45, 7) is 6.26. The van der Waals surface area contributed by atoms with Crippen molar-refractivity contribution in [2.24, 2.45) is 0 Å². The van der Waals surface area contributed by atoms with Gasteiger partial charge in [-0.1, -0.05) is 6.08 Å². The highest BCUT2D eigenvalue weighted by Gasteiger charge is 2.26. The average molecular weight is 269 g/mol. The van der Waals surface area contributed by atoms with Crippen molar-refractivity contribution in [3.05, 3.63) is 24.5 Å². The van der Waals surface area contributed by atoms with Crippen LogP contribution in [0.25, 0.3) is 0 Å². The number of aryl methyl sites for hydroxylation is 1. The van der Waals surface area contributed by atoms with E-state index in [4.69, 9.17) is 0 Å². The maximum absolute atomic E-state index is 11.4. The van der Waals surface area contributed by atoms with E-state index in [1.165, 1.54) is 0 Å². The monoisotopic (exact) mass is 269 g/mol. The van der Waals surface area contributed by atoms with Gasteiger partial charge in [-0.25, -0.2) is 13.4 Å². The Morgan fingerprint density at radius 2 is 2.22 bits per heavy atom. The van der Waals surface area contributed by atoms with Gasteiger partial charge >= 0.3 is 0 Å². The summed E-state index contributed by atoms with van der Waals surface area (Å²) in [6.07, 6.45) is 5.09. The summed E-state index contributed by atoms with van der Waals surface area (Å²) in [7, 11) is -2.82. The van der Waals surface area contributed by atoms with E-state index in [2.05, 4.69) is 21.4 Å². The van der Waals surface area contributed by atoms with Crippen molar-refractivity contribution in [1.29, 1.82) is 0 Å². The van der Waals surface area contributed by atoms with Gasteiger partial charge in [0.2, 0.25) is 5.95 Å². The average Bonchev–Trinajstić information content (AvgIpc) is 2.68. The number of sulfone groups is 1. The van der Waals surface area contributed by atoms with Crippen LogP contribution in [0.5, 0.6) is 0 Å². The van der Waals surface area contributed by atoms with Crippen LogP contribution in [0.15, 0.2) is 18.9 Å². The number of anilines is 1. The molecule has 0 radical (unpaired) electrons. The van der Waals surface area contributed by atoms with E-state index < -0.39 is 9.84 Å². The van der Waals surface area contributed by atoms with E-state index in [9.17, 15) is 8.42 Å². The number of aromatic nitrogens is 2. The van der Waals surface area contributed by atoms with Crippen molar-refractivity contribution < 1.29 is 8.42 Å². The molecule has 18 heavy (non-hydrogen) atoms. The molecule has 0 amide bonds. The molecule has 0 bridgehead atoms. The van der Waals surface area contributed by atoms with Gasteiger partial charge in [0.1, 0.15) is 9.84 Å². The fourth-order valence-corrected chi connectivity index (χ4v) is 3.71. The van der Waals surface area contributed by atoms with E-state index in [-0.39, 0.29) is 17.5 Å². The molecule has 1 aliphatic rings. The second-order valence-corrected chi connectivity index (χ2v) is 6.97. The largest absolute Gasteiger partial charge is 0.352 e. The fourth-order valence-electron chi connectivity index (χ4n) is 2.24. The van der Waals surface area contributed by atoms with E-state index >= 15 is 0 Å². The van der Waals surface area contributed by atoms with Crippen molar-refractivity contribution in [3.63, 3.8) is 0 Å². The SMILES string of the molecule is C=CCNc1nc(C)cn1C1CCS(=O)(=O)CC1. The zero-order valence-electron chi connectivity index (χ0n) is 10.6. The molecular formula is C12H19N3O2S. The fraction of sp³-hybridized carbons (Fsp3) is 0.583. The van der Waals surface area contributed by atoms with Crippen LogP contribution in [-0.2, 0) is 9.84 Å². The lowest BCUT2D eigenvalue weighted by Gasteiger charge is -2.24. The lowest BCUT2D eigenvalue weighted by atomic mass is 10.1. The molecule has 100 valence electrons. The van der Waals surface area contributed by atoms with Crippen LogP contribution in [-0.4, -0.2) is 36.0 Å². The van der Waals surface area contributed by atoms with Gasteiger partial charge in [0.25, 0.3) is 0 Å². The zero-order valence-corrected chi connectivity index (χ0v) is 11.4. The zero-order chi connectivity index (χ0) is 13.2. The second kappa shape index (κ2) is 5.14. The summed E-state index contributed by atoms with van der Waals surface area (Å²) in [5.41, 5.74) is 0.940. The van der Waals surface area contributed by atoms with Gasteiger partial charge in [0, 0.05) is 18.8 Å². The lowest BCUT2D eigenvalue weighted by molar-refractivity contribution is 0.453. The first-order valence-electron chi connectivity index (χ1n) is 6.12. The standard InChI is InChI=1S/C12H19N3O2S/c1-3-6-13-12-14-10(2)9-15(12)11-4-7-18(16,17)8-5-11/h3,9,11H,1,4-8H2,2H3,(H,13,14). The highest BCUT2D eigenvalue weighted by atomic mass is 32.2. The molecule has 1 N–H and O–H groups in total. The van der Waals surface area contributed by atoms with E-state index in [1.54, 1.807) is 6.08 Å². The molecule has 0 aromatic carbocycles. The molecule has 1 fully saturated rings. The van der Waals surface area contributed by atoms with Gasteiger partial charge < -0.3 is 9.88 Å². The first-order chi connectivity index (χ1) is 8.52. The number of nitrogens with one attached hydrogen (secondary N) is 1. The summed E-state index contributed by atoms with van der Waals surface area (Å²) in [5.74, 6) is 1.35. The van der Waals surface area contributed by atoms with Crippen LogP contribution >= 0.6 is 0 Å². The van der Waals surface area contributed by atoms with Gasteiger partial charge in [0.05, 0.1) is 17.2 Å². The highest BCUT2D eigenvalue weighted by molar-refractivity contribution is 7.91. The molecule has 6 heteroatoms. The number of hydrogen-bond donors (Lipinski definition) is 1. The highest BCUT2D eigenvalue weighted by Crippen LogP contribution is 2.27. The van der Waals surface area contributed by atoms with Crippen molar-refractivity contribution in [3.8, 4) is 0 Å². The topological polar surface area (TPSA) is 64.0 Å². The van der Waals surface area contributed by atoms with E-state index in [1.807, 2.05) is 13.1 Å². The molecular weight excluding hydrogens is 250 g/mol. The summed E-state index contributed by atoms with van der Waals surface area (Å²) in [6, 6.07) is 0.224. The van der Waals surface area contributed by atoms with Crippen molar-refractivity contribution in [2.75, 3.05) is 23.4 Å². The molecule has 1 saturated heterocycles. The summed E-state index contributed by atoms with van der Waals surface area (Å²) >= 11 is 0. The first kappa shape index (κ1) is 13.1. The number of imidazole rings is 1. The third-order valence-electron chi connectivity index (χ3n) is 3.17. The van der Waals surface area contributed by atoms with E-state index in [0.29, 0.717) is 19.4 Å². The first-order valence-corrected chi connectivity index (χ1v) is 7.94. The maximum Gasteiger partial charge on any atom is 0.203 e. The van der Waals surface area contributed by atoms with Crippen molar-refractivity contribution in [1.82, 2.24) is 9.55 Å². The third kappa shape index (κ3) is 2.93. The van der Waals surface area contributed by atoms with Gasteiger partial charge in [-0.05, 0) is 19.8 Å². The molecule has 2 heterocycles. The van der Waals surface area contributed by atoms with Crippen LogP contribution in [0, 0.1) is 6.92 Å². The molecule has 2 rings (SSSR count). The Labute approximate surface area is 108 Å². The number of hydrogen-bond acceptors (Lipinski definition) is 4. The van der Waals surface area contributed by atoms with Gasteiger partial charge in [-0.3, -0.25) is 0 Å². The maximum atomic E-state index is 11.4. The van der Waals surface area contributed by atoms with Crippen molar-refractivity contribution >= 4 is 15.8 Å². The van der Waals surface area contributed by atoms with E-state index in [0.717, 1.165) is 11.6 Å². The Balaban J connectivity index is 2.15. The van der Waals surface area contributed by atoms with Gasteiger partial charge in [0.15, 0.2) is 0 Å². The second-order valence-electron chi connectivity index (χ2n) is 4.67. The predicted octanol–water partition coefficient (Wildman–Crippen LogP) is 1.54. The lowest BCUT2D eigenvalue weighted by Crippen LogP contribution is -2.26. The molecule has 1 aromatic heterocycles. The number of nitrogens with zero attached hydrogens (tertiary/aromatic N) is 2. The van der Waals surface area contributed by atoms with Gasteiger partial charge in [-0.2, -0.15) is 0 Å². The third-order valence-corrected chi connectivity index (χ3v) is 4.89. The molecule has 0 spiro atoms. The minimum Gasteiger partial charge on any atom is -0.352 e. The quantitative estimate of drug-likeness (QED) is 0.842. The van der Waals surface area contributed by atoms with Crippen LogP contribution in [0.3, 0.4) is 0 Å². The van der Waals surface area contributed by atoms with Crippen LogP contribution < -0.4 is 5.32 Å². The number of rotatable bonds is 4. The van der Waals surface area contributed by atoms with Crippen molar-refractivity contribution in [2.45, 2.75) is 25.8 Å². The summed E-state index contributed by atoms with van der Waals surface area (Å²) in [4.78, 5) is 4.41. The van der Waals surface area contributed by atoms with Crippen LogP contribution in [0.1, 0.15) is 24.6 Å². The molecule has 0 aliphatic carbocycles. The molecule has 0 saturated carbocycles. The molecule has 5 nitrogen and oxygen atoms in total.